The van der Waals surface area contributed by atoms with Crippen molar-refractivity contribution >= 4 is 28.9 Å². The normalized spacial score (nSPS) is 14.8. The van der Waals surface area contributed by atoms with Gasteiger partial charge in [0.1, 0.15) is 5.75 Å². The van der Waals surface area contributed by atoms with Crippen molar-refractivity contribution in [3.8, 4) is 5.75 Å². The Hall–Kier alpha value is -3.80. The molecule has 1 N–H and O–H groups in total. The third-order valence-electron chi connectivity index (χ3n) is 5.74. The van der Waals surface area contributed by atoms with E-state index in [-0.39, 0.29) is 18.2 Å². The summed E-state index contributed by atoms with van der Waals surface area (Å²) in [5.74, 6) is -0.0665. The number of para-hydroxylation sites is 1. The van der Waals surface area contributed by atoms with Crippen molar-refractivity contribution in [2.45, 2.75) is 18.9 Å². The van der Waals surface area contributed by atoms with E-state index in [0.717, 1.165) is 28.3 Å². The van der Waals surface area contributed by atoms with Gasteiger partial charge in [-0.15, -0.1) is 0 Å². The van der Waals surface area contributed by atoms with Crippen molar-refractivity contribution in [1.82, 2.24) is 0 Å². The molecular formula is C26H27N3O3. The molecule has 1 aliphatic rings. The maximum absolute atomic E-state index is 13.8. The van der Waals surface area contributed by atoms with Crippen LogP contribution in [-0.2, 0) is 16.1 Å². The Morgan fingerprint density at radius 2 is 1.62 bits per heavy atom. The van der Waals surface area contributed by atoms with Crippen LogP contribution in [0.2, 0.25) is 0 Å². The Balaban J connectivity index is 1.70. The third-order valence-corrected chi connectivity index (χ3v) is 5.74. The van der Waals surface area contributed by atoms with Gasteiger partial charge in [0, 0.05) is 37.6 Å². The van der Waals surface area contributed by atoms with Crippen molar-refractivity contribution < 1.29 is 14.3 Å². The number of hydrogen-bond donors (Lipinski definition) is 1. The minimum absolute atomic E-state index is 0.103. The molecule has 0 radical (unpaired) electrons. The third kappa shape index (κ3) is 4.44. The van der Waals surface area contributed by atoms with E-state index in [1.165, 1.54) is 0 Å². The first-order valence-corrected chi connectivity index (χ1v) is 10.6. The fourth-order valence-electron chi connectivity index (χ4n) is 3.96. The second-order valence-corrected chi connectivity index (χ2v) is 8.08. The van der Waals surface area contributed by atoms with E-state index >= 15 is 0 Å². The molecule has 32 heavy (non-hydrogen) atoms. The van der Waals surface area contributed by atoms with Crippen molar-refractivity contribution in [1.29, 1.82) is 0 Å². The second kappa shape index (κ2) is 9.14. The molecule has 3 aromatic carbocycles. The summed E-state index contributed by atoms with van der Waals surface area (Å²) >= 11 is 0. The molecule has 1 atom stereocenters. The van der Waals surface area contributed by atoms with Crippen LogP contribution >= 0.6 is 0 Å². The van der Waals surface area contributed by atoms with Gasteiger partial charge in [-0.2, -0.15) is 0 Å². The largest absolute Gasteiger partial charge is 0.497 e. The number of carbonyl (C=O) groups excluding carboxylic acids is 2. The predicted octanol–water partition coefficient (Wildman–Crippen LogP) is 4.42. The number of ether oxygens (including phenoxy) is 1. The molecule has 1 heterocycles. The van der Waals surface area contributed by atoms with Gasteiger partial charge in [-0.3, -0.25) is 9.59 Å². The lowest BCUT2D eigenvalue weighted by molar-refractivity contribution is -0.124. The molecule has 2 amide bonds. The van der Waals surface area contributed by atoms with Gasteiger partial charge in [-0.25, -0.2) is 0 Å². The van der Waals surface area contributed by atoms with Crippen molar-refractivity contribution in [3.05, 3.63) is 83.9 Å². The Bertz CT molecular complexity index is 1110. The van der Waals surface area contributed by atoms with Crippen LogP contribution in [0, 0.1) is 0 Å². The number of methoxy groups -OCH3 is 1. The Labute approximate surface area is 188 Å². The lowest BCUT2D eigenvalue weighted by atomic mass is 9.89. The molecule has 0 fully saturated rings. The molecule has 0 bridgehead atoms. The maximum atomic E-state index is 13.8. The number of anilines is 3. The Morgan fingerprint density at radius 3 is 2.28 bits per heavy atom. The summed E-state index contributed by atoms with van der Waals surface area (Å²) in [5, 5.41) is 2.87. The highest BCUT2D eigenvalue weighted by Gasteiger charge is 2.34. The Kier molecular flexibility index (Phi) is 6.12. The molecule has 0 aliphatic carbocycles. The van der Waals surface area contributed by atoms with Crippen molar-refractivity contribution in [2.75, 3.05) is 36.3 Å². The summed E-state index contributed by atoms with van der Waals surface area (Å²) in [6, 6.07) is 23.1. The number of fused-ring (bicyclic) bond motifs is 1. The number of benzene rings is 3. The highest BCUT2D eigenvalue weighted by atomic mass is 16.5. The number of carbonyl (C=O) groups is 2. The summed E-state index contributed by atoms with van der Waals surface area (Å²) in [6.07, 6.45) is 0.127. The highest BCUT2D eigenvalue weighted by molar-refractivity contribution is 6.06. The van der Waals surface area contributed by atoms with E-state index in [9.17, 15) is 9.59 Å². The SMILES string of the molecule is COc1ccc(N(Cc2ccc(N(C)C)cc2)C(=O)C2CC(=O)Nc3ccccc32)cc1. The average Bonchev–Trinajstić information content (AvgIpc) is 2.82. The standard InChI is InChI=1S/C26H27N3O3/c1-28(2)19-10-8-18(9-11-19)17-29(20-12-14-21(32-3)15-13-20)26(31)23-16-25(30)27-24-7-5-4-6-22(23)24/h4-15,23H,16-17H2,1-3H3,(H,27,30). The fraction of sp³-hybridized carbons (Fsp3) is 0.231. The first-order chi connectivity index (χ1) is 15.5. The van der Waals surface area contributed by atoms with Gasteiger partial charge in [-0.1, -0.05) is 30.3 Å². The fourth-order valence-corrected chi connectivity index (χ4v) is 3.96. The zero-order valence-electron chi connectivity index (χ0n) is 18.5. The monoisotopic (exact) mass is 429 g/mol. The van der Waals surface area contributed by atoms with Gasteiger partial charge in [0.15, 0.2) is 0 Å². The van der Waals surface area contributed by atoms with Crippen LogP contribution in [0.25, 0.3) is 0 Å². The summed E-state index contributed by atoms with van der Waals surface area (Å²) < 4.78 is 5.28. The first-order valence-electron chi connectivity index (χ1n) is 10.6. The molecule has 164 valence electrons. The number of rotatable bonds is 6. The van der Waals surface area contributed by atoms with Crippen LogP contribution in [0.5, 0.6) is 5.75 Å². The summed E-state index contributed by atoms with van der Waals surface area (Å²) in [7, 11) is 5.60. The van der Waals surface area contributed by atoms with Crippen LogP contribution in [0.3, 0.4) is 0 Å². The highest BCUT2D eigenvalue weighted by Crippen LogP contribution is 2.35. The van der Waals surface area contributed by atoms with Gasteiger partial charge in [0.2, 0.25) is 11.8 Å². The van der Waals surface area contributed by atoms with Gasteiger partial charge in [0.05, 0.1) is 19.6 Å². The van der Waals surface area contributed by atoms with Crippen molar-refractivity contribution in [2.24, 2.45) is 0 Å². The minimum Gasteiger partial charge on any atom is -0.497 e. The molecule has 6 heteroatoms. The first kappa shape index (κ1) is 21.4. The average molecular weight is 430 g/mol. The molecule has 0 spiro atoms. The van der Waals surface area contributed by atoms with Crippen LogP contribution in [0.1, 0.15) is 23.5 Å². The number of amides is 2. The van der Waals surface area contributed by atoms with Gasteiger partial charge in [0.25, 0.3) is 0 Å². The van der Waals surface area contributed by atoms with E-state index in [2.05, 4.69) is 5.32 Å². The van der Waals surface area contributed by atoms with Gasteiger partial charge in [-0.05, 0) is 53.6 Å². The maximum Gasteiger partial charge on any atom is 0.235 e. The summed E-state index contributed by atoms with van der Waals surface area (Å²) in [4.78, 5) is 30.0. The smallest absolute Gasteiger partial charge is 0.235 e. The predicted molar refractivity (Wildman–Crippen MR) is 127 cm³/mol. The van der Waals surface area contributed by atoms with E-state index in [1.54, 1.807) is 12.0 Å². The number of nitrogens with one attached hydrogen (secondary N) is 1. The minimum atomic E-state index is -0.539. The molecule has 1 aliphatic heterocycles. The van der Waals surface area contributed by atoms with Gasteiger partial charge >= 0.3 is 0 Å². The van der Waals surface area contributed by atoms with Crippen LogP contribution < -0.4 is 19.9 Å². The molecule has 6 nitrogen and oxygen atoms in total. The molecule has 1 unspecified atom stereocenters. The molecule has 0 saturated carbocycles. The van der Waals surface area contributed by atoms with E-state index in [4.69, 9.17) is 4.74 Å². The Morgan fingerprint density at radius 1 is 0.969 bits per heavy atom. The van der Waals surface area contributed by atoms with Crippen LogP contribution in [0.15, 0.2) is 72.8 Å². The zero-order valence-corrected chi connectivity index (χ0v) is 18.5. The van der Waals surface area contributed by atoms with Gasteiger partial charge < -0.3 is 19.9 Å². The lowest BCUT2D eigenvalue weighted by Crippen LogP contribution is -2.38. The zero-order chi connectivity index (χ0) is 22.7. The molecular weight excluding hydrogens is 402 g/mol. The van der Waals surface area contributed by atoms with Crippen molar-refractivity contribution in [3.63, 3.8) is 0 Å². The van der Waals surface area contributed by atoms with Crippen LogP contribution in [0.4, 0.5) is 17.1 Å². The van der Waals surface area contributed by atoms with E-state index in [1.807, 2.05) is 91.8 Å². The second-order valence-electron chi connectivity index (χ2n) is 8.08. The van der Waals surface area contributed by atoms with E-state index in [0.29, 0.717) is 12.2 Å². The number of hydrogen-bond acceptors (Lipinski definition) is 4. The lowest BCUT2D eigenvalue weighted by Gasteiger charge is -2.31. The molecule has 0 saturated heterocycles. The topological polar surface area (TPSA) is 61.9 Å². The molecule has 3 aromatic rings. The molecule has 0 aromatic heterocycles. The van der Waals surface area contributed by atoms with Crippen LogP contribution in [-0.4, -0.2) is 33.0 Å². The van der Waals surface area contributed by atoms with E-state index < -0.39 is 5.92 Å². The summed E-state index contributed by atoms with van der Waals surface area (Å²) in [5.41, 5.74) is 4.41. The number of nitrogens with zero attached hydrogens (tertiary/aromatic N) is 2. The summed E-state index contributed by atoms with van der Waals surface area (Å²) in [6.45, 7) is 0.402. The molecule has 4 rings (SSSR count). The quantitative estimate of drug-likeness (QED) is 0.630.